The quantitative estimate of drug-likeness (QED) is 0.787. The Bertz CT molecular complexity index is 500. The van der Waals surface area contributed by atoms with Crippen molar-refractivity contribution in [3.8, 4) is 0 Å². The smallest absolute Gasteiger partial charge is 0.315 e. The fraction of sp³-hybridized carbons (Fsp3) is 0.929. The Labute approximate surface area is 127 Å². The summed E-state index contributed by atoms with van der Waals surface area (Å²) in [6.07, 6.45) is 9.24. The van der Waals surface area contributed by atoms with Crippen LogP contribution in [0.15, 0.2) is 4.40 Å². The molecule has 21 heavy (non-hydrogen) atoms. The van der Waals surface area contributed by atoms with Gasteiger partial charge in [0, 0.05) is 13.1 Å². The highest BCUT2D eigenvalue weighted by atomic mass is 32.2. The molecule has 7 heteroatoms. The highest BCUT2D eigenvalue weighted by Crippen LogP contribution is 2.30. The van der Waals surface area contributed by atoms with Gasteiger partial charge in [0.25, 0.3) is 10.0 Å². The van der Waals surface area contributed by atoms with Gasteiger partial charge in [-0.25, -0.2) is 13.4 Å². The molecule has 6 nitrogen and oxygen atoms in total. The Morgan fingerprint density at radius 2 is 1.76 bits per heavy atom. The monoisotopic (exact) mass is 315 g/mol. The molecule has 2 atom stereocenters. The van der Waals surface area contributed by atoms with Gasteiger partial charge in [0.15, 0.2) is 0 Å². The molecule has 2 unspecified atom stereocenters. The van der Waals surface area contributed by atoms with Gasteiger partial charge in [0.1, 0.15) is 11.4 Å². The SMILES string of the molecule is CN(NC1=NS(=O)(=O)C2CCCCC2O1)C1CCCCC1. The summed E-state index contributed by atoms with van der Waals surface area (Å²) in [6, 6.07) is 0.586. The van der Waals surface area contributed by atoms with Gasteiger partial charge in [0.05, 0.1) is 0 Å². The zero-order valence-corrected chi connectivity index (χ0v) is 13.4. The van der Waals surface area contributed by atoms with Crippen LogP contribution in [0.3, 0.4) is 0 Å². The normalized spacial score (nSPS) is 33.0. The molecule has 0 aromatic heterocycles. The van der Waals surface area contributed by atoms with Crippen molar-refractivity contribution in [2.24, 2.45) is 4.40 Å². The number of hydrazine groups is 1. The number of ether oxygens (including phenoxy) is 1. The number of sulfonamides is 1. The van der Waals surface area contributed by atoms with Crippen molar-refractivity contribution < 1.29 is 13.2 Å². The zero-order valence-electron chi connectivity index (χ0n) is 12.6. The predicted octanol–water partition coefficient (Wildman–Crippen LogP) is 1.78. The number of hydrogen-bond acceptors (Lipinski definition) is 5. The van der Waals surface area contributed by atoms with E-state index in [1.54, 1.807) is 0 Å². The molecular formula is C14H25N3O3S. The summed E-state index contributed by atoms with van der Waals surface area (Å²) in [5, 5.41) is 1.52. The van der Waals surface area contributed by atoms with Gasteiger partial charge in [-0.2, -0.15) is 0 Å². The summed E-state index contributed by atoms with van der Waals surface area (Å²) in [5.41, 5.74) is 3.06. The first-order valence-electron chi connectivity index (χ1n) is 8.06. The molecule has 1 N–H and O–H groups in total. The number of amidine groups is 1. The third kappa shape index (κ3) is 3.34. The van der Waals surface area contributed by atoms with Crippen molar-refractivity contribution >= 4 is 16.0 Å². The van der Waals surface area contributed by atoms with Gasteiger partial charge in [-0.15, -0.1) is 4.40 Å². The fourth-order valence-electron chi connectivity index (χ4n) is 3.64. The largest absolute Gasteiger partial charge is 0.459 e. The molecule has 1 aliphatic heterocycles. The van der Waals surface area contributed by atoms with Crippen LogP contribution in [-0.4, -0.2) is 43.9 Å². The van der Waals surface area contributed by atoms with E-state index < -0.39 is 15.3 Å². The van der Waals surface area contributed by atoms with Crippen molar-refractivity contribution in [3.05, 3.63) is 0 Å². The van der Waals surface area contributed by atoms with E-state index in [-0.39, 0.29) is 12.1 Å². The average molecular weight is 315 g/mol. The van der Waals surface area contributed by atoms with Crippen LogP contribution in [0.25, 0.3) is 0 Å². The van der Waals surface area contributed by atoms with Crippen LogP contribution < -0.4 is 5.43 Å². The summed E-state index contributed by atoms with van der Waals surface area (Å²) < 4.78 is 34.2. The molecule has 0 radical (unpaired) electrons. The standard InChI is InChI=1S/C14H25N3O3S/c1-17(11-7-3-2-4-8-11)15-14-16-21(18,19)13-10-6-5-9-12(13)20-14/h11-13H,2-10H2,1H3,(H,15,16). The Hall–Kier alpha value is -0.820. The third-order valence-electron chi connectivity index (χ3n) is 4.89. The van der Waals surface area contributed by atoms with Crippen LogP contribution in [0.1, 0.15) is 57.8 Å². The van der Waals surface area contributed by atoms with E-state index in [9.17, 15) is 8.42 Å². The minimum absolute atomic E-state index is 0.159. The van der Waals surface area contributed by atoms with E-state index in [0.29, 0.717) is 12.5 Å². The Balaban J connectivity index is 1.68. The lowest BCUT2D eigenvalue weighted by molar-refractivity contribution is 0.0973. The van der Waals surface area contributed by atoms with E-state index in [0.717, 1.165) is 32.1 Å². The van der Waals surface area contributed by atoms with Gasteiger partial charge in [-0.1, -0.05) is 25.7 Å². The van der Waals surface area contributed by atoms with Gasteiger partial charge >= 0.3 is 6.02 Å². The maximum Gasteiger partial charge on any atom is 0.315 e. The molecule has 120 valence electrons. The van der Waals surface area contributed by atoms with Crippen LogP contribution in [-0.2, 0) is 14.8 Å². The second-order valence-corrected chi connectivity index (χ2v) is 8.22. The highest BCUT2D eigenvalue weighted by molar-refractivity contribution is 7.91. The van der Waals surface area contributed by atoms with Crippen LogP contribution in [0.2, 0.25) is 0 Å². The molecule has 3 aliphatic rings. The number of fused-ring (bicyclic) bond motifs is 1. The maximum atomic E-state index is 12.3. The maximum absolute atomic E-state index is 12.3. The van der Waals surface area contributed by atoms with E-state index >= 15 is 0 Å². The molecule has 0 aromatic carbocycles. The van der Waals surface area contributed by atoms with Gasteiger partial charge in [0.2, 0.25) is 0 Å². The molecular weight excluding hydrogens is 290 g/mol. The van der Waals surface area contributed by atoms with Crippen molar-refractivity contribution in [1.29, 1.82) is 0 Å². The number of rotatable bonds is 2. The van der Waals surface area contributed by atoms with E-state index in [4.69, 9.17) is 4.74 Å². The fourth-order valence-corrected chi connectivity index (χ4v) is 5.13. The highest BCUT2D eigenvalue weighted by Gasteiger charge is 2.41. The van der Waals surface area contributed by atoms with Gasteiger partial charge in [-0.3, -0.25) is 5.43 Å². The molecule has 1 heterocycles. The average Bonchev–Trinajstić information content (AvgIpc) is 2.47. The minimum atomic E-state index is -3.44. The van der Waals surface area contributed by atoms with Gasteiger partial charge in [-0.05, 0) is 32.1 Å². The number of nitrogens with zero attached hydrogens (tertiary/aromatic N) is 2. The van der Waals surface area contributed by atoms with Crippen molar-refractivity contribution in [2.45, 2.75) is 75.2 Å². The van der Waals surface area contributed by atoms with Gasteiger partial charge < -0.3 is 4.74 Å². The van der Waals surface area contributed by atoms with Crippen molar-refractivity contribution in [1.82, 2.24) is 10.4 Å². The summed E-state index contributed by atoms with van der Waals surface area (Å²) in [5.74, 6) is 0. The Morgan fingerprint density at radius 3 is 2.52 bits per heavy atom. The molecule has 2 saturated carbocycles. The zero-order chi connectivity index (χ0) is 14.9. The summed E-state index contributed by atoms with van der Waals surface area (Å²) >= 11 is 0. The molecule has 2 fully saturated rings. The first-order valence-corrected chi connectivity index (χ1v) is 9.56. The minimum Gasteiger partial charge on any atom is -0.459 e. The Morgan fingerprint density at radius 1 is 1.10 bits per heavy atom. The van der Waals surface area contributed by atoms with Crippen LogP contribution in [0.5, 0.6) is 0 Å². The lowest BCUT2D eigenvalue weighted by Gasteiger charge is -2.37. The lowest BCUT2D eigenvalue weighted by atomic mass is 9.95. The molecule has 0 bridgehead atoms. The topological polar surface area (TPSA) is 71.0 Å². The second-order valence-electron chi connectivity index (χ2n) is 6.41. The lowest BCUT2D eigenvalue weighted by Crippen LogP contribution is -2.52. The second kappa shape index (κ2) is 6.12. The van der Waals surface area contributed by atoms with E-state index in [1.807, 2.05) is 12.1 Å². The first kappa shape index (κ1) is 15.1. The van der Waals surface area contributed by atoms with E-state index in [1.165, 1.54) is 19.3 Å². The Kier molecular flexibility index (Phi) is 4.40. The summed E-state index contributed by atoms with van der Waals surface area (Å²) in [6.45, 7) is 0. The number of hydrogen-bond donors (Lipinski definition) is 1. The molecule has 2 aliphatic carbocycles. The number of nitrogens with one attached hydrogen (secondary N) is 1. The molecule has 0 spiro atoms. The third-order valence-corrected chi connectivity index (χ3v) is 6.62. The summed E-state index contributed by atoms with van der Waals surface area (Å²) in [4.78, 5) is 0. The first-order chi connectivity index (χ1) is 10.1. The predicted molar refractivity (Wildman–Crippen MR) is 81.3 cm³/mol. The van der Waals surface area contributed by atoms with Crippen molar-refractivity contribution in [3.63, 3.8) is 0 Å². The van der Waals surface area contributed by atoms with Crippen LogP contribution in [0.4, 0.5) is 0 Å². The molecule has 0 aromatic rings. The van der Waals surface area contributed by atoms with Crippen molar-refractivity contribution in [2.75, 3.05) is 7.05 Å². The van der Waals surface area contributed by atoms with Crippen LogP contribution >= 0.6 is 0 Å². The molecule has 3 rings (SSSR count). The molecule has 0 saturated heterocycles. The van der Waals surface area contributed by atoms with Crippen LogP contribution in [0, 0.1) is 0 Å². The summed E-state index contributed by atoms with van der Waals surface area (Å²) in [7, 11) is -1.49. The van der Waals surface area contributed by atoms with E-state index in [2.05, 4.69) is 9.82 Å². The molecule has 0 amide bonds.